The minimum absolute atomic E-state index is 0.0709. The number of rotatable bonds is 4. The molecule has 1 heterocycles. The van der Waals surface area contributed by atoms with E-state index in [4.69, 9.17) is 5.11 Å². The average molecular weight is 210 g/mol. The predicted molar refractivity (Wildman–Crippen MR) is 54.6 cm³/mol. The zero-order valence-corrected chi connectivity index (χ0v) is 8.73. The standard InChI is InChI=1S/C10H14N2O3/c1-7(5-9(13)14)11-10(15)8-3-4-12(2)6-8/h3-4,6-7H,5H2,1-2H3,(H,11,15)(H,13,14). The van der Waals surface area contributed by atoms with Crippen LogP contribution in [0.25, 0.3) is 0 Å². The van der Waals surface area contributed by atoms with Crippen molar-refractivity contribution in [3.63, 3.8) is 0 Å². The monoisotopic (exact) mass is 210 g/mol. The maximum atomic E-state index is 11.5. The van der Waals surface area contributed by atoms with Crippen molar-refractivity contribution in [3.05, 3.63) is 24.0 Å². The van der Waals surface area contributed by atoms with E-state index in [-0.39, 0.29) is 18.4 Å². The Bertz CT molecular complexity index is 370. The van der Waals surface area contributed by atoms with Crippen LogP contribution in [0.4, 0.5) is 0 Å². The van der Waals surface area contributed by atoms with Crippen LogP contribution in [0.2, 0.25) is 0 Å². The molecule has 0 aromatic carbocycles. The molecule has 5 nitrogen and oxygen atoms in total. The van der Waals surface area contributed by atoms with E-state index < -0.39 is 5.97 Å². The van der Waals surface area contributed by atoms with Crippen molar-refractivity contribution < 1.29 is 14.7 Å². The summed E-state index contributed by atoms with van der Waals surface area (Å²) in [6.07, 6.45) is 3.37. The van der Waals surface area contributed by atoms with Crippen LogP contribution < -0.4 is 5.32 Å². The highest BCUT2D eigenvalue weighted by Crippen LogP contribution is 2.00. The third kappa shape index (κ3) is 3.46. The first kappa shape index (κ1) is 11.3. The molecule has 0 spiro atoms. The molecule has 5 heteroatoms. The molecule has 0 aliphatic rings. The number of carboxylic acids is 1. The van der Waals surface area contributed by atoms with E-state index in [1.807, 2.05) is 7.05 Å². The second kappa shape index (κ2) is 4.63. The highest BCUT2D eigenvalue weighted by Gasteiger charge is 2.12. The molecule has 15 heavy (non-hydrogen) atoms. The van der Waals surface area contributed by atoms with Crippen molar-refractivity contribution in [2.75, 3.05) is 0 Å². The number of aryl methyl sites for hydroxylation is 1. The zero-order chi connectivity index (χ0) is 11.4. The van der Waals surface area contributed by atoms with Crippen LogP contribution in [0.5, 0.6) is 0 Å². The number of aliphatic carboxylic acids is 1. The Kier molecular flexibility index (Phi) is 3.49. The Labute approximate surface area is 87.7 Å². The lowest BCUT2D eigenvalue weighted by Gasteiger charge is -2.10. The van der Waals surface area contributed by atoms with Gasteiger partial charge in [0.25, 0.3) is 5.91 Å². The minimum atomic E-state index is -0.920. The largest absolute Gasteiger partial charge is 0.481 e. The van der Waals surface area contributed by atoms with Gasteiger partial charge in [-0.2, -0.15) is 0 Å². The average Bonchev–Trinajstić information content (AvgIpc) is 2.49. The molecule has 1 unspecified atom stereocenters. The molecule has 1 aromatic heterocycles. The van der Waals surface area contributed by atoms with Crippen molar-refractivity contribution >= 4 is 11.9 Å². The van der Waals surface area contributed by atoms with Crippen LogP contribution in [0.15, 0.2) is 18.5 Å². The molecule has 0 saturated heterocycles. The van der Waals surface area contributed by atoms with Gasteiger partial charge in [0.1, 0.15) is 0 Å². The maximum Gasteiger partial charge on any atom is 0.305 e. The van der Waals surface area contributed by atoms with E-state index in [1.54, 1.807) is 30.0 Å². The summed E-state index contributed by atoms with van der Waals surface area (Å²) < 4.78 is 1.76. The van der Waals surface area contributed by atoms with Gasteiger partial charge in [-0.25, -0.2) is 0 Å². The summed E-state index contributed by atoms with van der Waals surface area (Å²) in [6.45, 7) is 1.66. The number of carbonyl (C=O) groups excluding carboxylic acids is 1. The summed E-state index contributed by atoms with van der Waals surface area (Å²) in [7, 11) is 1.82. The topological polar surface area (TPSA) is 71.3 Å². The Morgan fingerprint density at radius 1 is 1.60 bits per heavy atom. The first-order chi connectivity index (χ1) is 6.99. The molecule has 0 fully saturated rings. The molecule has 1 aromatic rings. The van der Waals surface area contributed by atoms with Gasteiger partial charge < -0.3 is 15.0 Å². The molecule has 0 radical (unpaired) electrons. The van der Waals surface area contributed by atoms with Crippen LogP contribution >= 0.6 is 0 Å². The van der Waals surface area contributed by atoms with Gasteiger partial charge in [0.05, 0.1) is 12.0 Å². The number of carboxylic acid groups (broad SMARTS) is 1. The Morgan fingerprint density at radius 3 is 2.73 bits per heavy atom. The molecule has 0 saturated carbocycles. The summed E-state index contributed by atoms with van der Waals surface area (Å²) in [5.74, 6) is -1.17. The SMILES string of the molecule is CC(CC(=O)O)NC(=O)c1ccn(C)c1. The number of amides is 1. The molecule has 0 aliphatic carbocycles. The van der Waals surface area contributed by atoms with Crippen LogP contribution in [0.1, 0.15) is 23.7 Å². The fraction of sp³-hybridized carbons (Fsp3) is 0.400. The Balaban J connectivity index is 2.52. The molecule has 0 bridgehead atoms. The lowest BCUT2D eigenvalue weighted by Crippen LogP contribution is -2.33. The van der Waals surface area contributed by atoms with Gasteiger partial charge >= 0.3 is 5.97 Å². The fourth-order valence-electron chi connectivity index (χ4n) is 1.26. The van der Waals surface area contributed by atoms with Crippen LogP contribution in [-0.4, -0.2) is 27.6 Å². The Morgan fingerprint density at radius 2 is 2.27 bits per heavy atom. The van der Waals surface area contributed by atoms with Crippen LogP contribution in [0, 0.1) is 0 Å². The first-order valence-electron chi connectivity index (χ1n) is 4.63. The maximum absolute atomic E-state index is 11.5. The minimum Gasteiger partial charge on any atom is -0.481 e. The van der Waals surface area contributed by atoms with Crippen LogP contribution in [0.3, 0.4) is 0 Å². The molecule has 1 amide bonds. The Hall–Kier alpha value is -1.78. The van der Waals surface area contributed by atoms with E-state index in [1.165, 1.54) is 0 Å². The molecule has 0 aliphatic heterocycles. The van der Waals surface area contributed by atoms with Crippen molar-refractivity contribution in [3.8, 4) is 0 Å². The van der Waals surface area contributed by atoms with Crippen molar-refractivity contribution in [1.82, 2.24) is 9.88 Å². The van der Waals surface area contributed by atoms with E-state index in [0.717, 1.165) is 0 Å². The third-order valence-electron chi connectivity index (χ3n) is 1.95. The molecule has 2 N–H and O–H groups in total. The summed E-state index contributed by atoms with van der Waals surface area (Å²) >= 11 is 0. The lowest BCUT2D eigenvalue weighted by molar-refractivity contribution is -0.137. The van der Waals surface area contributed by atoms with Crippen molar-refractivity contribution in [2.24, 2.45) is 7.05 Å². The summed E-state index contributed by atoms with van der Waals surface area (Å²) in [5, 5.41) is 11.1. The van der Waals surface area contributed by atoms with Gasteiger partial charge in [-0.05, 0) is 13.0 Å². The van der Waals surface area contributed by atoms with Crippen molar-refractivity contribution in [1.29, 1.82) is 0 Å². The molecule has 82 valence electrons. The normalized spacial score (nSPS) is 12.1. The number of nitrogens with zero attached hydrogens (tertiary/aromatic N) is 1. The lowest BCUT2D eigenvalue weighted by atomic mass is 10.2. The van der Waals surface area contributed by atoms with Gasteiger partial charge in [0, 0.05) is 25.5 Å². The zero-order valence-electron chi connectivity index (χ0n) is 8.73. The fourth-order valence-corrected chi connectivity index (χ4v) is 1.26. The number of carbonyl (C=O) groups is 2. The summed E-state index contributed by atoms with van der Waals surface area (Å²) in [4.78, 5) is 21.9. The van der Waals surface area contributed by atoms with Crippen LogP contribution in [-0.2, 0) is 11.8 Å². The smallest absolute Gasteiger partial charge is 0.305 e. The highest BCUT2D eigenvalue weighted by molar-refractivity contribution is 5.94. The van der Waals surface area contributed by atoms with Crippen molar-refractivity contribution in [2.45, 2.75) is 19.4 Å². The first-order valence-corrected chi connectivity index (χ1v) is 4.63. The van der Waals surface area contributed by atoms with E-state index in [0.29, 0.717) is 5.56 Å². The molecular weight excluding hydrogens is 196 g/mol. The van der Waals surface area contributed by atoms with Gasteiger partial charge in [0.2, 0.25) is 0 Å². The van der Waals surface area contributed by atoms with Gasteiger partial charge in [-0.1, -0.05) is 0 Å². The number of hydrogen-bond donors (Lipinski definition) is 2. The number of hydrogen-bond acceptors (Lipinski definition) is 2. The van der Waals surface area contributed by atoms with Gasteiger partial charge in [-0.15, -0.1) is 0 Å². The van der Waals surface area contributed by atoms with E-state index in [2.05, 4.69) is 5.32 Å². The highest BCUT2D eigenvalue weighted by atomic mass is 16.4. The molecule has 1 atom stereocenters. The number of aromatic nitrogens is 1. The number of nitrogens with one attached hydrogen (secondary N) is 1. The quantitative estimate of drug-likeness (QED) is 0.765. The van der Waals surface area contributed by atoms with Gasteiger partial charge in [-0.3, -0.25) is 9.59 Å². The third-order valence-corrected chi connectivity index (χ3v) is 1.95. The summed E-state index contributed by atoms with van der Waals surface area (Å²) in [5.41, 5.74) is 0.537. The second-order valence-electron chi connectivity index (χ2n) is 3.54. The van der Waals surface area contributed by atoms with E-state index >= 15 is 0 Å². The van der Waals surface area contributed by atoms with Gasteiger partial charge in [0.15, 0.2) is 0 Å². The molecular formula is C10H14N2O3. The van der Waals surface area contributed by atoms with E-state index in [9.17, 15) is 9.59 Å². The second-order valence-corrected chi connectivity index (χ2v) is 3.54. The molecule has 1 rings (SSSR count). The predicted octanol–water partition coefficient (Wildman–Crippen LogP) is 0.618. The summed E-state index contributed by atoms with van der Waals surface area (Å²) in [6, 6.07) is 1.32.